The Morgan fingerprint density at radius 2 is 1.81 bits per heavy atom. The number of amides is 3. The minimum absolute atomic E-state index is 0.188. The molecule has 146 valence electrons. The summed E-state index contributed by atoms with van der Waals surface area (Å²) in [7, 11) is 1.55. The van der Waals surface area contributed by atoms with Crippen LogP contribution in [-0.2, 0) is 11.3 Å². The number of urea groups is 1. The molecular weight excluding hydrogens is 419 g/mol. The Hall–Kier alpha value is -1.97. The van der Waals surface area contributed by atoms with Gasteiger partial charge >= 0.3 is 18.3 Å². The molecule has 1 rings (SSSR count). The number of benzene rings is 1. The van der Waals surface area contributed by atoms with Crippen molar-refractivity contribution in [2.45, 2.75) is 39.1 Å². The predicted octanol–water partition coefficient (Wildman–Crippen LogP) is 4.50. The van der Waals surface area contributed by atoms with Gasteiger partial charge in [-0.15, -0.1) is 0 Å². The van der Waals surface area contributed by atoms with Crippen molar-refractivity contribution in [3.05, 3.63) is 28.2 Å². The largest absolute Gasteiger partial charge is 0.444 e. The summed E-state index contributed by atoms with van der Waals surface area (Å²) in [6.07, 6.45) is -5.01. The number of nitrogens with zero attached hydrogens (tertiary/aromatic N) is 1. The van der Waals surface area contributed by atoms with Crippen molar-refractivity contribution in [2.24, 2.45) is 0 Å². The number of hydrogen-bond acceptors (Lipinski definition) is 3. The summed E-state index contributed by atoms with van der Waals surface area (Å²) in [5, 5.41) is 4.04. The number of nitrogens with one attached hydrogen (secondary N) is 2. The van der Waals surface area contributed by atoms with Crippen LogP contribution in [0, 0.1) is 0 Å². The van der Waals surface area contributed by atoms with Gasteiger partial charge in [0.25, 0.3) is 0 Å². The lowest BCUT2D eigenvalue weighted by Gasteiger charge is -2.25. The highest BCUT2D eigenvalue weighted by Crippen LogP contribution is 2.21. The van der Waals surface area contributed by atoms with Gasteiger partial charge in [-0.3, -0.25) is 0 Å². The van der Waals surface area contributed by atoms with Crippen LogP contribution in [0.15, 0.2) is 22.7 Å². The first kappa shape index (κ1) is 22.1. The number of carbonyl (C=O) groups is 2. The molecule has 0 saturated heterocycles. The Kier molecular flexibility index (Phi) is 7.31. The van der Waals surface area contributed by atoms with Crippen LogP contribution in [0.25, 0.3) is 0 Å². The summed E-state index contributed by atoms with van der Waals surface area (Å²) in [5.41, 5.74) is 0.303. The highest BCUT2D eigenvalue weighted by molar-refractivity contribution is 9.10. The summed E-state index contributed by atoms with van der Waals surface area (Å²) in [6.45, 7) is 4.01. The topological polar surface area (TPSA) is 70.7 Å². The highest BCUT2D eigenvalue weighted by Gasteiger charge is 2.27. The van der Waals surface area contributed by atoms with Gasteiger partial charge in [0.15, 0.2) is 0 Å². The van der Waals surface area contributed by atoms with E-state index < -0.39 is 30.4 Å². The van der Waals surface area contributed by atoms with E-state index in [0.29, 0.717) is 10.0 Å². The van der Waals surface area contributed by atoms with Crippen LogP contribution in [0.5, 0.6) is 0 Å². The van der Waals surface area contributed by atoms with E-state index in [1.807, 2.05) is 0 Å². The molecule has 0 radical (unpaired) electrons. The molecule has 0 saturated carbocycles. The van der Waals surface area contributed by atoms with E-state index in [4.69, 9.17) is 4.74 Å². The molecule has 0 spiro atoms. The molecule has 2 N–H and O–H groups in total. The number of alkyl halides is 3. The average Bonchev–Trinajstić information content (AvgIpc) is 2.41. The molecule has 0 aromatic heterocycles. The molecule has 0 fully saturated rings. The summed E-state index contributed by atoms with van der Waals surface area (Å²) in [4.78, 5) is 24.9. The van der Waals surface area contributed by atoms with E-state index in [2.05, 4.69) is 21.2 Å². The minimum atomic E-state index is -4.49. The second-order valence-corrected chi connectivity index (χ2v) is 7.52. The monoisotopic (exact) mass is 439 g/mol. The SMILES string of the molecule is CN(Cc1cc(Br)cc(NC(=O)NCC(F)(F)F)c1)C(=O)OC(C)(C)C. The Morgan fingerprint density at radius 1 is 1.19 bits per heavy atom. The van der Waals surface area contributed by atoms with E-state index in [-0.39, 0.29) is 12.2 Å². The van der Waals surface area contributed by atoms with Gasteiger partial charge in [-0.05, 0) is 44.5 Å². The molecule has 0 bridgehead atoms. The quantitative estimate of drug-likeness (QED) is 0.725. The third-order valence-electron chi connectivity index (χ3n) is 2.79. The zero-order valence-electron chi connectivity index (χ0n) is 14.8. The molecule has 10 heteroatoms. The standard InChI is InChI=1S/C16H21BrF3N3O3/c1-15(2,3)26-14(25)23(4)8-10-5-11(17)7-12(6-10)22-13(24)21-9-16(18,19)20/h5-7H,8-9H2,1-4H3,(H2,21,22,24). The zero-order chi connectivity index (χ0) is 20.1. The molecule has 0 atom stereocenters. The van der Waals surface area contributed by atoms with E-state index in [1.54, 1.807) is 45.3 Å². The van der Waals surface area contributed by atoms with Crippen molar-refractivity contribution >= 4 is 33.7 Å². The molecule has 0 unspecified atom stereocenters. The number of hydrogen-bond donors (Lipinski definition) is 2. The Morgan fingerprint density at radius 3 is 2.35 bits per heavy atom. The highest BCUT2D eigenvalue weighted by atomic mass is 79.9. The summed E-state index contributed by atoms with van der Waals surface area (Å²) in [6, 6.07) is 3.83. The lowest BCUT2D eigenvalue weighted by Crippen LogP contribution is -2.36. The maximum atomic E-state index is 12.1. The average molecular weight is 440 g/mol. The Bertz CT molecular complexity index is 660. The number of carbonyl (C=O) groups excluding carboxylic acids is 2. The van der Waals surface area contributed by atoms with Gasteiger partial charge < -0.3 is 20.3 Å². The molecule has 1 aromatic carbocycles. The van der Waals surface area contributed by atoms with E-state index in [9.17, 15) is 22.8 Å². The van der Waals surface area contributed by atoms with Crippen LogP contribution < -0.4 is 10.6 Å². The second kappa shape index (κ2) is 8.61. The van der Waals surface area contributed by atoms with Crippen LogP contribution >= 0.6 is 15.9 Å². The first-order valence-corrected chi connectivity index (χ1v) is 8.40. The van der Waals surface area contributed by atoms with Crippen molar-refractivity contribution < 1.29 is 27.5 Å². The van der Waals surface area contributed by atoms with E-state index in [1.165, 1.54) is 11.0 Å². The van der Waals surface area contributed by atoms with Crippen molar-refractivity contribution in [2.75, 3.05) is 18.9 Å². The fourth-order valence-corrected chi connectivity index (χ4v) is 2.39. The van der Waals surface area contributed by atoms with Gasteiger partial charge in [0.1, 0.15) is 12.1 Å². The normalized spacial score (nSPS) is 11.7. The number of rotatable bonds is 4. The summed E-state index contributed by atoms with van der Waals surface area (Å²) in [5.74, 6) is 0. The van der Waals surface area contributed by atoms with Crippen molar-refractivity contribution in [3.8, 4) is 0 Å². The predicted molar refractivity (Wildman–Crippen MR) is 94.9 cm³/mol. The van der Waals surface area contributed by atoms with Crippen molar-refractivity contribution in [1.82, 2.24) is 10.2 Å². The first-order chi connectivity index (χ1) is 11.7. The van der Waals surface area contributed by atoms with Gasteiger partial charge in [-0.1, -0.05) is 15.9 Å². The summed E-state index contributed by atoms with van der Waals surface area (Å²) < 4.78 is 42.2. The lowest BCUT2D eigenvalue weighted by molar-refractivity contribution is -0.122. The van der Waals surface area contributed by atoms with Crippen LogP contribution in [0.1, 0.15) is 26.3 Å². The van der Waals surface area contributed by atoms with Crippen molar-refractivity contribution in [1.29, 1.82) is 0 Å². The minimum Gasteiger partial charge on any atom is -0.444 e. The first-order valence-electron chi connectivity index (χ1n) is 7.60. The molecule has 1 aromatic rings. The lowest BCUT2D eigenvalue weighted by atomic mass is 10.2. The third kappa shape index (κ3) is 8.93. The van der Waals surface area contributed by atoms with E-state index >= 15 is 0 Å². The van der Waals surface area contributed by atoms with Gasteiger partial charge in [0, 0.05) is 23.8 Å². The molecule has 0 aliphatic heterocycles. The smallest absolute Gasteiger partial charge is 0.410 e. The number of halogens is 4. The van der Waals surface area contributed by atoms with Crippen LogP contribution in [0.4, 0.5) is 28.4 Å². The molecule has 26 heavy (non-hydrogen) atoms. The van der Waals surface area contributed by atoms with Crippen LogP contribution in [-0.4, -0.2) is 42.4 Å². The van der Waals surface area contributed by atoms with E-state index in [0.717, 1.165) is 0 Å². The van der Waals surface area contributed by atoms with Crippen LogP contribution in [0.2, 0.25) is 0 Å². The van der Waals surface area contributed by atoms with Crippen molar-refractivity contribution in [3.63, 3.8) is 0 Å². The fraction of sp³-hybridized carbons (Fsp3) is 0.500. The maximum absolute atomic E-state index is 12.1. The Balaban J connectivity index is 2.74. The summed E-state index contributed by atoms with van der Waals surface area (Å²) >= 11 is 3.26. The molecule has 0 aliphatic rings. The Labute approximate surface area is 158 Å². The van der Waals surface area contributed by atoms with Crippen LogP contribution in [0.3, 0.4) is 0 Å². The number of anilines is 1. The molecule has 0 heterocycles. The maximum Gasteiger partial charge on any atom is 0.410 e. The molecule has 6 nitrogen and oxygen atoms in total. The molecular formula is C16H21BrF3N3O3. The van der Waals surface area contributed by atoms with Gasteiger partial charge in [-0.25, -0.2) is 9.59 Å². The second-order valence-electron chi connectivity index (χ2n) is 6.61. The molecule has 0 aliphatic carbocycles. The molecule has 3 amide bonds. The fourth-order valence-electron chi connectivity index (χ4n) is 1.85. The number of ether oxygens (including phenoxy) is 1. The van der Waals surface area contributed by atoms with Gasteiger partial charge in [-0.2, -0.15) is 13.2 Å². The zero-order valence-corrected chi connectivity index (χ0v) is 16.4. The third-order valence-corrected chi connectivity index (χ3v) is 3.25. The van der Waals surface area contributed by atoms with Gasteiger partial charge in [0.05, 0.1) is 0 Å². The van der Waals surface area contributed by atoms with Gasteiger partial charge in [0.2, 0.25) is 0 Å².